The van der Waals surface area contributed by atoms with Crippen LogP contribution in [0.5, 0.6) is 0 Å². The average molecular weight is 316 g/mol. The van der Waals surface area contributed by atoms with E-state index in [-0.39, 0.29) is 6.17 Å². The fraction of sp³-hybridized carbons (Fsp3) is 0.300. The highest BCUT2D eigenvalue weighted by molar-refractivity contribution is 5.92. The Bertz CT molecular complexity index is 915. The number of benzene rings is 2. The molecule has 0 fully saturated rings. The summed E-state index contributed by atoms with van der Waals surface area (Å²) in [5.41, 5.74) is 7.57. The van der Waals surface area contributed by atoms with Crippen molar-refractivity contribution in [3.05, 3.63) is 57.9 Å². The van der Waals surface area contributed by atoms with Gasteiger partial charge < -0.3 is 9.80 Å². The summed E-state index contributed by atoms with van der Waals surface area (Å²) < 4.78 is 0. The Morgan fingerprint density at radius 1 is 1.17 bits per heavy atom. The largest absolute Gasteiger partial charge is 0.352 e. The Morgan fingerprint density at radius 2 is 1.88 bits per heavy atom. The fourth-order valence-electron chi connectivity index (χ4n) is 3.48. The molecule has 0 N–H and O–H groups in total. The van der Waals surface area contributed by atoms with E-state index >= 15 is 0 Å². The van der Waals surface area contributed by atoms with Crippen molar-refractivity contribution in [1.29, 1.82) is 5.26 Å². The monoisotopic (exact) mass is 316 g/mol. The number of hydrogen-bond acceptors (Lipinski definition) is 3. The third-order valence-corrected chi connectivity index (χ3v) is 4.96. The molecular formula is C20H20N4. The second kappa shape index (κ2) is 5.58. The minimum atomic E-state index is 0.0768. The van der Waals surface area contributed by atoms with Crippen molar-refractivity contribution in [2.75, 3.05) is 16.8 Å². The molecule has 2 aromatic rings. The molecule has 2 aromatic carbocycles. The lowest BCUT2D eigenvalue weighted by molar-refractivity contribution is 0.732. The Balaban J connectivity index is 2.30. The van der Waals surface area contributed by atoms with Crippen LogP contribution in [0.1, 0.15) is 29.2 Å². The van der Waals surface area contributed by atoms with Crippen molar-refractivity contribution in [3.63, 3.8) is 0 Å². The standard InChI is InChI=1S/C20H20N4/c1-12-9-13(2)14(3)19(10-12)24-15(4)23(6)20-16(11-21)17(22-5)7-8-18(20)24/h7-10,15H,1-4,6H3/t15-/m0/s1. The van der Waals surface area contributed by atoms with Crippen molar-refractivity contribution >= 4 is 22.7 Å². The predicted molar refractivity (Wildman–Crippen MR) is 98.1 cm³/mol. The molecule has 1 aliphatic heterocycles. The summed E-state index contributed by atoms with van der Waals surface area (Å²) in [7, 11) is 1.98. The smallest absolute Gasteiger partial charge is 0.206 e. The van der Waals surface area contributed by atoms with Gasteiger partial charge in [-0.2, -0.15) is 5.26 Å². The van der Waals surface area contributed by atoms with Crippen LogP contribution < -0.4 is 9.80 Å². The summed E-state index contributed by atoms with van der Waals surface area (Å²) in [6.45, 7) is 15.8. The van der Waals surface area contributed by atoms with Crippen molar-refractivity contribution in [2.24, 2.45) is 0 Å². The van der Waals surface area contributed by atoms with E-state index in [2.05, 4.69) is 60.5 Å². The summed E-state index contributed by atoms with van der Waals surface area (Å²) in [6.07, 6.45) is 0.0768. The van der Waals surface area contributed by atoms with Crippen molar-refractivity contribution in [3.8, 4) is 6.07 Å². The fourth-order valence-corrected chi connectivity index (χ4v) is 3.48. The molecule has 1 heterocycles. The number of fused-ring (bicyclic) bond motifs is 1. The van der Waals surface area contributed by atoms with Gasteiger partial charge in [0.2, 0.25) is 5.69 Å². The third kappa shape index (κ3) is 2.12. The maximum Gasteiger partial charge on any atom is 0.206 e. The van der Waals surface area contributed by atoms with Crippen LogP contribution in [0, 0.1) is 38.7 Å². The van der Waals surface area contributed by atoms with Gasteiger partial charge in [0.1, 0.15) is 6.17 Å². The van der Waals surface area contributed by atoms with Gasteiger partial charge in [0, 0.05) is 12.7 Å². The zero-order valence-electron chi connectivity index (χ0n) is 14.7. The number of anilines is 3. The number of nitrogens with zero attached hydrogens (tertiary/aromatic N) is 4. The van der Waals surface area contributed by atoms with Gasteiger partial charge in [0.25, 0.3) is 0 Å². The first-order chi connectivity index (χ1) is 11.4. The molecule has 4 heteroatoms. The van der Waals surface area contributed by atoms with Crippen molar-refractivity contribution in [1.82, 2.24) is 0 Å². The summed E-state index contributed by atoms with van der Waals surface area (Å²) in [5.74, 6) is 0. The maximum absolute atomic E-state index is 9.58. The van der Waals surface area contributed by atoms with Gasteiger partial charge in [-0.15, -0.1) is 0 Å². The average Bonchev–Trinajstić information content (AvgIpc) is 2.81. The van der Waals surface area contributed by atoms with Crippen LogP contribution in [0.15, 0.2) is 24.3 Å². The zero-order chi connectivity index (χ0) is 17.6. The molecule has 0 amide bonds. The van der Waals surface area contributed by atoms with Crippen LogP contribution >= 0.6 is 0 Å². The molecule has 120 valence electrons. The second-order valence-electron chi connectivity index (χ2n) is 6.39. The molecule has 0 bridgehead atoms. The third-order valence-electron chi connectivity index (χ3n) is 4.96. The Labute approximate surface area is 143 Å². The Kier molecular flexibility index (Phi) is 3.70. The van der Waals surface area contributed by atoms with Crippen molar-refractivity contribution in [2.45, 2.75) is 33.9 Å². The van der Waals surface area contributed by atoms with Gasteiger partial charge in [-0.1, -0.05) is 12.1 Å². The first-order valence-electron chi connectivity index (χ1n) is 7.95. The lowest BCUT2D eigenvalue weighted by atomic mass is 10.0. The van der Waals surface area contributed by atoms with E-state index in [0.717, 1.165) is 17.1 Å². The summed E-state index contributed by atoms with van der Waals surface area (Å²) in [6, 6.07) is 10.3. The van der Waals surface area contributed by atoms with E-state index in [9.17, 15) is 5.26 Å². The minimum absolute atomic E-state index is 0.0768. The quantitative estimate of drug-likeness (QED) is 0.697. The van der Waals surface area contributed by atoms with Gasteiger partial charge in [-0.3, -0.25) is 0 Å². The van der Waals surface area contributed by atoms with Gasteiger partial charge in [0.15, 0.2) is 0 Å². The molecule has 24 heavy (non-hydrogen) atoms. The summed E-state index contributed by atoms with van der Waals surface area (Å²) >= 11 is 0. The molecule has 0 aliphatic carbocycles. The highest BCUT2D eigenvalue weighted by Crippen LogP contribution is 2.48. The number of aryl methyl sites for hydroxylation is 2. The van der Waals surface area contributed by atoms with E-state index in [1.54, 1.807) is 6.07 Å². The predicted octanol–water partition coefficient (Wildman–Crippen LogP) is 4.97. The van der Waals surface area contributed by atoms with E-state index in [0.29, 0.717) is 11.3 Å². The molecule has 1 aliphatic rings. The molecule has 0 radical (unpaired) electrons. The van der Waals surface area contributed by atoms with Gasteiger partial charge >= 0.3 is 0 Å². The van der Waals surface area contributed by atoms with Gasteiger partial charge in [-0.25, -0.2) is 4.85 Å². The van der Waals surface area contributed by atoms with Crippen LogP contribution in [-0.4, -0.2) is 13.2 Å². The van der Waals surface area contributed by atoms with Crippen molar-refractivity contribution < 1.29 is 0 Å². The summed E-state index contributed by atoms with van der Waals surface area (Å²) in [4.78, 5) is 7.85. The van der Waals surface area contributed by atoms with Crippen LogP contribution in [0.4, 0.5) is 22.7 Å². The SMILES string of the molecule is [C-]#[N+]c1ccc2c(c1C#N)N(C)[C@H](C)N2c1cc(C)cc(C)c1C. The normalized spacial score (nSPS) is 15.9. The number of nitriles is 1. The Morgan fingerprint density at radius 3 is 2.50 bits per heavy atom. The van der Waals surface area contributed by atoms with E-state index < -0.39 is 0 Å². The van der Waals surface area contributed by atoms with Crippen LogP contribution in [0.25, 0.3) is 4.85 Å². The molecule has 0 saturated carbocycles. The first-order valence-corrected chi connectivity index (χ1v) is 7.95. The number of hydrogen-bond donors (Lipinski definition) is 0. The number of rotatable bonds is 1. The molecule has 0 aromatic heterocycles. The first kappa shape index (κ1) is 15.9. The zero-order valence-corrected chi connectivity index (χ0v) is 14.7. The molecule has 1 atom stereocenters. The van der Waals surface area contributed by atoms with Crippen LogP contribution in [0.2, 0.25) is 0 Å². The lowest BCUT2D eigenvalue weighted by Crippen LogP contribution is -2.36. The minimum Gasteiger partial charge on any atom is -0.352 e. The highest BCUT2D eigenvalue weighted by atomic mass is 15.4. The second-order valence-corrected chi connectivity index (χ2v) is 6.39. The molecule has 0 spiro atoms. The summed E-state index contributed by atoms with van der Waals surface area (Å²) in [5, 5.41) is 9.58. The van der Waals surface area contributed by atoms with E-state index in [1.807, 2.05) is 13.1 Å². The molecule has 0 saturated heterocycles. The Hall–Kier alpha value is -2.98. The van der Waals surface area contributed by atoms with Crippen LogP contribution in [0.3, 0.4) is 0 Å². The van der Waals surface area contributed by atoms with Gasteiger partial charge in [-0.05, 0) is 56.5 Å². The van der Waals surface area contributed by atoms with E-state index in [1.165, 1.54) is 16.7 Å². The van der Waals surface area contributed by atoms with Crippen LogP contribution in [-0.2, 0) is 0 Å². The lowest BCUT2D eigenvalue weighted by Gasteiger charge is -2.30. The van der Waals surface area contributed by atoms with E-state index in [4.69, 9.17) is 6.57 Å². The molecule has 3 rings (SSSR count). The topological polar surface area (TPSA) is 34.6 Å². The molecule has 4 nitrogen and oxygen atoms in total. The maximum atomic E-state index is 9.58. The molecule has 0 unspecified atom stereocenters. The highest BCUT2D eigenvalue weighted by Gasteiger charge is 2.35. The van der Waals surface area contributed by atoms with Gasteiger partial charge in [0.05, 0.1) is 29.6 Å². The molecular weight excluding hydrogens is 296 g/mol.